The van der Waals surface area contributed by atoms with Gasteiger partial charge in [0.15, 0.2) is 11.6 Å². The lowest BCUT2D eigenvalue weighted by atomic mass is 9.39. The zero-order chi connectivity index (χ0) is 20.1. The average Bonchev–Trinajstić information content (AvgIpc) is 2.66. The third-order valence-corrected chi connectivity index (χ3v) is 7.62. The maximum absolute atomic E-state index is 13.9. The van der Waals surface area contributed by atoms with Gasteiger partial charge in [-0.15, -0.1) is 0 Å². The molecule has 0 saturated heterocycles. The third kappa shape index (κ3) is 1.79. The van der Waals surface area contributed by atoms with E-state index in [0.717, 1.165) is 0 Å². The first-order valence-electron chi connectivity index (χ1n) is 10.1. The van der Waals surface area contributed by atoms with E-state index in [1.54, 1.807) is 6.08 Å². The summed E-state index contributed by atoms with van der Waals surface area (Å²) in [5.74, 6) is -0.447. The van der Waals surface area contributed by atoms with E-state index >= 15 is 0 Å². The highest BCUT2D eigenvalue weighted by molar-refractivity contribution is 6.14. The molecule has 6 rings (SSSR count). The third-order valence-electron chi connectivity index (χ3n) is 7.62. The van der Waals surface area contributed by atoms with Crippen molar-refractivity contribution in [1.29, 1.82) is 0 Å². The Hall–Kier alpha value is -2.48. The van der Waals surface area contributed by atoms with Crippen LogP contribution in [0.2, 0.25) is 0 Å². The van der Waals surface area contributed by atoms with Crippen molar-refractivity contribution in [3.8, 4) is 0 Å². The second-order valence-electron chi connectivity index (χ2n) is 10.0. The molecular weight excluding hydrogens is 344 g/mol. The van der Waals surface area contributed by atoms with Crippen molar-refractivity contribution in [3.05, 3.63) is 82.4 Å². The number of hydrogen-bond donors (Lipinski definition) is 0. The molecule has 0 aromatic heterocycles. The van der Waals surface area contributed by atoms with E-state index in [-0.39, 0.29) is 28.8 Å². The zero-order valence-corrected chi connectivity index (χ0v) is 17.2. The maximum Gasteiger partial charge on any atom is 0.164 e. The SMILES string of the molecule is CC(C)(C)C1=CC(=O)C2C(C1=O)C1(C)c3ccccc3C2(C)c2ccccc21. The van der Waals surface area contributed by atoms with E-state index in [9.17, 15) is 9.59 Å². The summed E-state index contributed by atoms with van der Waals surface area (Å²) in [6.45, 7) is 10.4. The van der Waals surface area contributed by atoms with Crippen LogP contribution >= 0.6 is 0 Å². The van der Waals surface area contributed by atoms with E-state index in [1.165, 1.54) is 22.3 Å². The molecular formula is C26H26O2. The van der Waals surface area contributed by atoms with E-state index in [0.29, 0.717) is 5.57 Å². The minimum absolute atomic E-state index is 0.104. The molecule has 2 atom stereocenters. The lowest BCUT2D eigenvalue weighted by Gasteiger charge is -2.61. The first-order chi connectivity index (χ1) is 13.1. The monoisotopic (exact) mass is 370 g/mol. The molecule has 2 aromatic rings. The molecule has 0 aliphatic heterocycles. The predicted molar refractivity (Wildman–Crippen MR) is 110 cm³/mol. The Morgan fingerprint density at radius 3 is 1.50 bits per heavy atom. The number of carbonyl (C=O) groups is 2. The van der Waals surface area contributed by atoms with Crippen molar-refractivity contribution in [2.45, 2.75) is 45.4 Å². The molecule has 0 fully saturated rings. The van der Waals surface area contributed by atoms with Crippen molar-refractivity contribution in [2.24, 2.45) is 17.3 Å². The molecule has 0 heterocycles. The van der Waals surface area contributed by atoms with Gasteiger partial charge in [0.2, 0.25) is 0 Å². The summed E-state index contributed by atoms with van der Waals surface area (Å²) in [5, 5.41) is 0. The van der Waals surface area contributed by atoms with Crippen LogP contribution in [0.15, 0.2) is 60.2 Å². The normalized spacial score (nSPS) is 33.1. The van der Waals surface area contributed by atoms with Crippen molar-refractivity contribution in [3.63, 3.8) is 0 Å². The summed E-state index contributed by atoms with van der Waals surface area (Å²) in [5.41, 5.74) is 4.16. The Bertz CT molecular complexity index is 1030. The van der Waals surface area contributed by atoms with Crippen LogP contribution in [0.5, 0.6) is 0 Å². The molecule has 0 radical (unpaired) electrons. The molecule has 4 aliphatic carbocycles. The van der Waals surface area contributed by atoms with Crippen molar-refractivity contribution in [2.75, 3.05) is 0 Å². The van der Waals surface area contributed by atoms with Crippen LogP contribution in [0.3, 0.4) is 0 Å². The van der Waals surface area contributed by atoms with Gasteiger partial charge in [-0.25, -0.2) is 0 Å². The minimum Gasteiger partial charge on any atom is -0.294 e. The smallest absolute Gasteiger partial charge is 0.164 e. The van der Waals surface area contributed by atoms with Gasteiger partial charge in [0.05, 0.1) is 0 Å². The Morgan fingerprint density at radius 2 is 1.11 bits per heavy atom. The molecule has 0 saturated carbocycles. The van der Waals surface area contributed by atoms with Gasteiger partial charge in [-0.2, -0.15) is 0 Å². The number of ketones is 2. The highest BCUT2D eigenvalue weighted by Crippen LogP contribution is 2.66. The molecule has 0 spiro atoms. The molecule has 0 amide bonds. The Kier molecular flexibility index (Phi) is 3.21. The lowest BCUT2D eigenvalue weighted by molar-refractivity contribution is -0.136. The van der Waals surface area contributed by atoms with Gasteiger partial charge in [0, 0.05) is 28.2 Å². The van der Waals surface area contributed by atoms with Gasteiger partial charge >= 0.3 is 0 Å². The van der Waals surface area contributed by atoms with Gasteiger partial charge in [-0.3, -0.25) is 9.59 Å². The van der Waals surface area contributed by atoms with Crippen molar-refractivity contribution < 1.29 is 9.59 Å². The van der Waals surface area contributed by atoms with E-state index in [2.05, 4.69) is 62.4 Å². The lowest BCUT2D eigenvalue weighted by Crippen LogP contribution is -2.64. The fourth-order valence-corrected chi connectivity index (χ4v) is 6.32. The molecule has 2 heteroatoms. The second-order valence-corrected chi connectivity index (χ2v) is 10.0. The number of benzene rings is 2. The van der Waals surface area contributed by atoms with E-state index in [4.69, 9.17) is 0 Å². The standard InChI is InChI=1S/C26H26O2/c1-24(2,3)19-14-20(27)21-22(23(19)28)26(5)17-12-8-6-10-15(17)25(21,4)16-11-7-9-13-18(16)26/h6-14,21-22H,1-5H3. The topological polar surface area (TPSA) is 34.1 Å². The van der Waals surface area contributed by atoms with Crippen molar-refractivity contribution in [1.82, 2.24) is 0 Å². The molecule has 2 aromatic carbocycles. The number of carbonyl (C=O) groups excluding carboxylic acids is 2. The largest absolute Gasteiger partial charge is 0.294 e. The molecule has 4 aliphatic rings. The molecule has 2 nitrogen and oxygen atoms in total. The Morgan fingerprint density at radius 1 is 0.714 bits per heavy atom. The van der Waals surface area contributed by atoms with Gasteiger partial charge in [-0.05, 0) is 33.7 Å². The second kappa shape index (κ2) is 5.11. The van der Waals surface area contributed by atoms with Gasteiger partial charge < -0.3 is 0 Å². The summed E-state index contributed by atoms with van der Waals surface area (Å²) in [6, 6.07) is 16.8. The molecule has 2 bridgehead atoms. The molecule has 142 valence electrons. The summed E-state index contributed by atoms with van der Waals surface area (Å²) in [4.78, 5) is 27.4. The molecule has 28 heavy (non-hydrogen) atoms. The van der Waals surface area contributed by atoms with Crippen LogP contribution in [0, 0.1) is 17.3 Å². The highest BCUT2D eigenvalue weighted by atomic mass is 16.1. The predicted octanol–water partition coefficient (Wildman–Crippen LogP) is 4.98. The summed E-state index contributed by atoms with van der Waals surface area (Å²) in [6.07, 6.45) is 1.66. The summed E-state index contributed by atoms with van der Waals surface area (Å²) < 4.78 is 0. The van der Waals surface area contributed by atoms with Gasteiger partial charge in [0.1, 0.15) is 0 Å². The quantitative estimate of drug-likeness (QED) is 0.655. The highest BCUT2D eigenvalue weighted by Gasteiger charge is 2.66. The number of allylic oxidation sites excluding steroid dienone is 2. The average molecular weight is 370 g/mol. The first-order valence-corrected chi connectivity index (χ1v) is 10.1. The van der Waals surface area contributed by atoms with Crippen LogP contribution in [-0.4, -0.2) is 11.6 Å². The van der Waals surface area contributed by atoms with Crippen molar-refractivity contribution >= 4 is 11.6 Å². The van der Waals surface area contributed by atoms with E-state index < -0.39 is 10.8 Å². The van der Waals surface area contributed by atoms with Crippen LogP contribution in [0.1, 0.15) is 56.9 Å². The summed E-state index contributed by atoms with van der Waals surface area (Å²) >= 11 is 0. The van der Waals surface area contributed by atoms with Gasteiger partial charge in [-0.1, -0.05) is 83.1 Å². The van der Waals surface area contributed by atoms with Gasteiger partial charge in [0.25, 0.3) is 0 Å². The number of hydrogen-bond acceptors (Lipinski definition) is 2. The molecule has 0 N–H and O–H groups in total. The Labute approximate surface area is 166 Å². The van der Waals surface area contributed by atoms with Crippen LogP contribution in [-0.2, 0) is 20.4 Å². The maximum atomic E-state index is 13.9. The fourth-order valence-electron chi connectivity index (χ4n) is 6.32. The summed E-state index contributed by atoms with van der Waals surface area (Å²) in [7, 11) is 0. The van der Waals surface area contributed by atoms with Crippen LogP contribution in [0.25, 0.3) is 0 Å². The van der Waals surface area contributed by atoms with E-state index in [1.807, 2.05) is 20.8 Å². The molecule has 2 unspecified atom stereocenters. The van der Waals surface area contributed by atoms with Crippen LogP contribution < -0.4 is 0 Å². The number of Topliss-reactive ketones (excluding diaryl/α,β-unsaturated/α-hetero) is 1. The fraction of sp³-hybridized carbons (Fsp3) is 0.385. The minimum atomic E-state index is -0.493. The van der Waals surface area contributed by atoms with Crippen LogP contribution in [0.4, 0.5) is 0 Å². The number of rotatable bonds is 0. The first kappa shape index (κ1) is 17.6. The zero-order valence-electron chi connectivity index (χ0n) is 17.2. The Balaban J connectivity index is 1.91.